The van der Waals surface area contributed by atoms with Crippen molar-refractivity contribution in [1.29, 1.82) is 0 Å². The monoisotopic (exact) mass is 176 g/mol. The van der Waals surface area contributed by atoms with E-state index in [1.54, 1.807) is 0 Å². The van der Waals surface area contributed by atoms with Gasteiger partial charge >= 0.3 is 11.6 Å². The van der Waals surface area contributed by atoms with Crippen LogP contribution in [0.2, 0.25) is 0 Å². The van der Waals surface area contributed by atoms with E-state index in [4.69, 9.17) is 8.42 Å². The normalized spacial score (nSPS) is 2.40. The Bertz CT molecular complexity index is 28.6. The molecule has 0 aliphatic carbocycles. The van der Waals surface area contributed by atoms with Gasteiger partial charge in [-0.15, -0.1) is 0 Å². The van der Waals surface area contributed by atoms with Crippen LogP contribution in [0, 0.1) is 0 Å². The Morgan fingerprint density at radius 1 is 1.00 bits per heavy atom. The molecule has 0 heterocycles. The van der Waals surface area contributed by atoms with Gasteiger partial charge in [0.15, 0.2) is 0 Å². The molecule has 34 valence electrons. The van der Waals surface area contributed by atoms with Gasteiger partial charge in [0.2, 0.25) is 0 Å². The van der Waals surface area contributed by atoms with Crippen molar-refractivity contribution in [3.05, 3.63) is 0 Å². The maximum Gasteiger partial charge on any atom is 0.335 e. The summed E-state index contributed by atoms with van der Waals surface area (Å²) < 4.78 is 16.6. The molecule has 0 aliphatic heterocycles. The molecule has 0 aromatic carbocycles. The van der Waals surface area contributed by atoms with Crippen LogP contribution < -0.4 is 0 Å². The number of hydrogen-bond acceptors (Lipinski definition) is 2. The zero-order chi connectivity index (χ0) is 2.71. The van der Waals surface area contributed by atoms with Crippen molar-refractivity contribution in [3.63, 3.8) is 0 Å². The second-order valence-corrected chi connectivity index (χ2v) is 0.204. The Morgan fingerprint density at radius 3 is 1.00 bits per heavy atom. The van der Waals surface area contributed by atoms with Crippen molar-refractivity contribution in [3.8, 4) is 0 Å². The molecule has 0 amide bonds. The van der Waals surface area contributed by atoms with Gasteiger partial charge < -0.3 is 0 Å². The smallest absolute Gasteiger partial charge is 0.168 e. The molecule has 5 heavy (non-hydrogen) atoms. The summed E-state index contributed by atoms with van der Waals surface area (Å²) in [5.74, 6) is 0. The Kier molecular flexibility index (Phi) is 70.9. The molecule has 0 spiro atoms. The molecule has 0 bridgehead atoms. The summed E-state index contributed by atoms with van der Waals surface area (Å²) in [7, 11) is 0. The molecule has 0 radical (unpaired) electrons. The van der Waals surface area contributed by atoms with Gasteiger partial charge in [0.1, 0.15) is 0 Å². The maximum absolute atomic E-state index is 8.29. The quantitative estimate of drug-likeness (QED) is 0.458. The second kappa shape index (κ2) is 20.9. The van der Waals surface area contributed by atoms with Crippen molar-refractivity contribution in [1.82, 2.24) is 0 Å². The average Bonchev–Trinajstić information content (AvgIpc) is 0.918. The Hall–Kier alpha value is 0.859. The number of rotatable bonds is 0. The zero-order valence-electron chi connectivity index (χ0n) is 1.93. The predicted molar refractivity (Wildman–Crippen MR) is 8.92 cm³/mol. The van der Waals surface area contributed by atoms with Crippen molar-refractivity contribution in [2.24, 2.45) is 0 Å². The van der Waals surface area contributed by atoms with Gasteiger partial charge in [-0.05, 0) is 0 Å². The first-order valence-corrected chi connectivity index (χ1v) is 1.00. The van der Waals surface area contributed by atoms with Crippen molar-refractivity contribution in [2.45, 2.75) is 0 Å². The first-order valence-electron chi connectivity index (χ1n) is 0.333. The van der Waals surface area contributed by atoms with E-state index in [0.29, 0.717) is 0 Å². The molecule has 0 saturated carbocycles. The molecule has 0 N–H and O–H groups in total. The molecule has 5 heteroatoms. The van der Waals surface area contributed by atoms with Crippen LogP contribution in [-0.4, -0.2) is 8.42 Å². The van der Waals surface area contributed by atoms with Crippen LogP contribution in [0.5, 0.6) is 0 Å². The summed E-state index contributed by atoms with van der Waals surface area (Å²) in [6.07, 6.45) is 0. The van der Waals surface area contributed by atoms with E-state index in [9.17, 15) is 0 Å². The molecule has 0 aromatic heterocycles. The summed E-state index contributed by atoms with van der Waals surface area (Å²) in [6.45, 7) is 0. The summed E-state index contributed by atoms with van der Waals surface area (Å²) in [4.78, 5) is 0. The first-order chi connectivity index (χ1) is 1.41. The van der Waals surface area contributed by atoms with Gasteiger partial charge in [-0.1, -0.05) is 0 Å². The molecule has 0 rings (SSSR count). The van der Waals surface area contributed by atoms with Crippen LogP contribution in [0.15, 0.2) is 0 Å². The predicted octanol–water partition coefficient (Wildman–Crippen LogP) is -0.675. The fourth-order valence-corrected chi connectivity index (χ4v) is 0. The zero-order valence-corrected chi connectivity index (χ0v) is 4.96. The van der Waals surface area contributed by atoms with Crippen LogP contribution in [0.1, 0.15) is 0 Å². The maximum atomic E-state index is 8.29. The van der Waals surface area contributed by atoms with Crippen LogP contribution in [0.3, 0.4) is 0 Å². The van der Waals surface area contributed by atoms with E-state index in [2.05, 4.69) is 0 Å². The fourth-order valence-electron chi connectivity index (χ4n) is 0. The second-order valence-electron chi connectivity index (χ2n) is 0.0680. The van der Waals surface area contributed by atoms with Gasteiger partial charge in [-0.2, -0.15) is 8.42 Å². The summed E-state index contributed by atoms with van der Waals surface area (Å²) in [6, 6.07) is 0. The molecule has 2 nitrogen and oxygen atoms in total. The first kappa shape index (κ1) is 16.9. The molecule has 0 saturated heterocycles. The van der Waals surface area contributed by atoms with Crippen LogP contribution in [0.4, 0.5) is 0 Å². The fraction of sp³-hybridized carbons (Fsp3) is 0. The van der Waals surface area contributed by atoms with E-state index < -0.39 is 11.6 Å². The van der Waals surface area contributed by atoms with E-state index in [-0.39, 0.29) is 34.1 Å². The minimum atomic E-state index is -0.750. The van der Waals surface area contributed by atoms with Gasteiger partial charge in [0.05, 0.1) is 0 Å². The summed E-state index contributed by atoms with van der Waals surface area (Å²) in [5.41, 5.74) is 0. The standard InChI is InChI=1S/2Fe.O2S/c;;1-3-2. The van der Waals surface area contributed by atoms with Crippen LogP contribution in [0.25, 0.3) is 0 Å². The van der Waals surface area contributed by atoms with Crippen LogP contribution in [-0.2, 0) is 45.7 Å². The van der Waals surface area contributed by atoms with E-state index in [0.717, 1.165) is 0 Å². The average molecular weight is 176 g/mol. The Balaban J connectivity index is -0.0000000200. The van der Waals surface area contributed by atoms with Gasteiger partial charge in [-0.25, -0.2) is 0 Å². The SMILES string of the molecule is O=S=O.[Fe].[Fe]. The molecular formula is Fe2O2S. The van der Waals surface area contributed by atoms with E-state index in [1.165, 1.54) is 0 Å². The Labute approximate surface area is 54.3 Å². The van der Waals surface area contributed by atoms with Crippen molar-refractivity contribution >= 4 is 11.6 Å². The molecular weight excluding hydrogens is 176 g/mol. The largest absolute Gasteiger partial charge is 0.335 e. The topological polar surface area (TPSA) is 34.1 Å². The summed E-state index contributed by atoms with van der Waals surface area (Å²) in [5, 5.41) is 0. The van der Waals surface area contributed by atoms with E-state index in [1.807, 2.05) is 0 Å². The van der Waals surface area contributed by atoms with Crippen molar-refractivity contribution < 1.29 is 42.6 Å². The minimum Gasteiger partial charge on any atom is -0.168 e. The van der Waals surface area contributed by atoms with Crippen LogP contribution >= 0.6 is 0 Å². The van der Waals surface area contributed by atoms with Gasteiger partial charge in [-0.3, -0.25) is 0 Å². The summed E-state index contributed by atoms with van der Waals surface area (Å²) >= 11 is -0.750. The van der Waals surface area contributed by atoms with E-state index >= 15 is 0 Å². The third-order valence-electron chi connectivity index (χ3n) is 0. The Morgan fingerprint density at radius 2 is 1.00 bits per heavy atom. The molecule has 0 unspecified atom stereocenters. The molecule has 0 fully saturated rings. The third-order valence-corrected chi connectivity index (χ3v) is 0. The third kappa shape index (κ3) is 53.8. The minimum absolute atomic E-state index is 0. The van der Waals surface area contributed by atoms with Crippen molar-refractivity contribution in [2.75, 3.05) is 0 Å². The van der Waals surface area contributed by atoms with Gasteiger partial charge in [0.25, 0.3) is 0 Å². The van der Waals surface area contributed by atoms with Gasteiger partial charge in [0, 0.05) is 34.1 Å². The molecule has 0 aromatic rings. The number of hydrogen-bond donors (Lipinski definition) is 0. The molecule has 0 aliphatic rings. The molecule has 0 atom stereocenters.